The van der Waals surface area contributed by atoms with Crippen LogP contribution in [0, 0.1) is 11.8 Å². The smallest absolute Gasteiger partial charge is 0.149 e. The highest BCUT2D eigenvalue weighted by Gasteiger charge is 2.01. The van der Waals surface area contributed by atoms with Crippen LogP contribution in [0.5, 0.6) is 5.75 Å². The van der Waals surface area contributed by atoms with Crippen LogP contribution in [0.4, 0.5) is 0 Å². The van der Waals surface area contributed by atoms with Gasteiger partial charge in [-0.2, -0.15) is 0 Å². The molecule has 0 fully saturated rings. The van der Waals surface area contributed by atoms with E-state index in [9.17, 15) is 0 Å². The summed E-state index contributed by atoms with van der Waals surface area (Å²) >= 11 is 3.40. The first-order chi connectivity index (χ1) is 9.29. The molecule has 0 atom stereocenters. The first-order valence-corrected chi connectivity index (χ1v) is 6.65. The van der Waals surface area contributed by atoms with Crippen LogP contribution in [0.1, 0.15) is 11.1 Å². The van der Waals surface area contributed by atoms with E-state index in [0.717, 1.165) is 21.3 Å². The third-order valence-corrected chi connectivity index (χ3v) is 3.10. The van der Waals surface area contributed by atoms with Gasteiger partial charge in [0.15, 0.2) is 0 Å². The van der Waals surface area contributed by atoms with Crippen LogP contribution in [-0.2, 0) is 6.61 Å². The van der Waals surface area contributed by atoms with E-state index < -0.39 is 0 Å². The van der Waals surface area contributed by atoms with Crippen LogP contribution in [0.3, 0.4) is 0 Å². The minimum absolute atomic E-state index is 0.0205. The number of ether oxygens (including phenoxy) is 1. The average Bonchev–Trinajstić information content (AvgIpc) is 2.46. The number of aliphatic hydroxyl groups excluding tert-OH is 1. The molecule has 19 heavy (non-hydrogen) atoms. The van der Waals surface area contributed by atoms with E-state index in [1.54, 1.807) is 0 Å². The van der Waals surface area contributed by atoms with Crippen LogP contribution in [0.25, 0.3) is 0 Å². The second-order valence-corrected chi connectivity index (χ2v) is 4.73. The highest BCUT2D eigenvalue weighted by Crippen LogP contribution is 2.25. The molecule has 0 aliphatic rings. The lowest BCUT2D eigenvalue weighted by Crippen LogP contribution is -1.95. The maximum atomic E-state index is 9.01. The molecule has 0 aliphatic heterocycles. The van der Waals surface area contributed by atoms with Gasteiger partial charge in [-0.25, -0.2) is 0 Å². The average molecular weight is 317 g/mol. The van der Waals surface area contributed by atoms with E-state index in [-0.39, 0.29) is 6.61 Å². The normalized spacial score (nSPS) is 9.58. The molecule has 0 aromatic heterocycles. The second-order valence-electron chi connectivity index (χ2n) is 3.88. The summed E-state index contributed by atoms with van der Waals surface area (Å²) in [6.07, 6.45) is 0. The Morgan fingerprint density at radius 3 is 2.58 bits per heavy atom. The number of hydrogen-bond acceptors (Lipinski definition) is 2. The summed E-state index contributed by atoms with van der Waals surface area (Å²) in [5, 5.41) is 9.01. The molecule has 0 saturated carbocycles. The van der Waals surface area contributed by atoms with E-state index >= 15 is 0 Å². The van der Waals surface area contributed by atoms with Crippen molar-refractivity contribution in [3.05, 3.63) is 64.1 Å². The van der Waals surface area contributed by atoms with Crippen LogP contribution >= 0.6 is 15.9 Å². The van der Waals surface area contributed by atoms with E-state index in [1.807, 2.05) is 48.5 Å². The maximum absolute atomic E-state index is 9.01. The van der Waals surface area contributed by atoms with Crippen molar-refractivity contribution in [2.75, 3.05) is 6.61 Å². The fourth-order valence-electron chi connectivity index (χ4n) is 1.53. The summed E-state index contributed by atoms with van der Waals surface area (Å²) < 4.78 is 6.38. The van der Waals surface area contributed by atoms with Gasteiger partial charge in [0.25, 0.3) is 0 Å². The topological polar surface area (TPSA) is 29.5 Å². The van der Waals surface area contributed by atoms with Crippen LogP contribution in [0.15, 0.2) is 53.0 Å². The van der Waals surface area contributed by atoms with Crippen molar-refractivity contribution < 1.29 is 9.84 Å². The molecule has 2 nitrogen and oxygen atoms in total. The molecule has 0 saturated heterocycles. The van der Waals surface area contributed by atoms with Gasteiger partial charge in [0, 0.05) is 5.56 Å². The fraction of sp³-hybridized carbons (Fsp3) is 0.125. The lowest BCUT2D eigenvalue weighted by Gasteiger charge is -2.06. The molecule has 0 unspecified atom stereocenters. The van der Waals surface area contributed by atoms with Gasteiger partial charge in [-0.3, -0.25) is 0 Å². The van der Waals surface area contributed by atoms with Crippen molar-refractivity contribution in [3.8, 4) is 17.6 Å². The van der Waals surface area contributed by atoms with Crippen molar-refractivity contribution in [3.63, 3.8) is 0 Å². The minimum Gasteiger partial charge on any atom is -0.480 e. The molecular formula is C16H13BrO2. The molecule has 3 heteroatoms. The summed E-state index contributed by atoms with van der Waals surface area (Å²) in [6, 6.07) is 15.3. The number of halogens is 1. The van der Waals surface area contributed by atoms with Crippen molar-refractivity contribution in [2.45, 2.75) is 6.61 Å². The predicted octanol–water partition coefficient (Wildman–Crippen LogP) is 3.37. The summed E-state index contributed by atoms with van der Waals surface area (Å²) in [6.45, 7) is 0.346. The maximum Gasteiger partial charge on any atom is 0.149 e. The fourth-order valence-corrected chi connectivity index (χ4v) is 2.07. The molecule has 1 N–H and O–H groups in total. The quantitative estimate of drug-likeness (QED) is 0.880. The number of benzene rings is 2. The lowest BCUT2D eigenvalue weighted by molar-refractivity contribution is 0.281. The largest absolute Gasteiger partial charge is 0.480 e. The summed E-state index contributed by atoms with van der Waals surface area (Å²) in [5.74, 6) is 6.71. The zero-order valence-corrected chi connectivity index (χ0v) is 11.9. The van der Waals surface area contributed by atoms with Gasteiger partial charge in [0.2, 0.25) is 0 Å². The van der Waals surface area contributed by atoms with Gasteiger partial charge < -0.3 is 9.84 Å². The van der Waals surface area contributed by atoms with E-state index in [2.05, 4.69) is 27.8 Å². The van der Waals surface area contributed by atoms with E-state index in [4.69, 9.17) is 9.84 Å². The molecule has 0 spiro atoms. The third-order valence-electron chi connectivity index (χ3n) is 2.49. The summed E-state index contributed by atoms with van der Waals surface area (Å²) in [5.41, 5.74) is 1.82. The minimum atomic E-state index is 0.0205. The van der Waals surface area contributed by atoms with Crippen LogP contribution < -0.4 is 4.74 Å². The Hall–Kier alpha value is -1.76. The molecule has 0 radical (unpaired) electrons. The standard InChI is InChI=1S/C16H13BrO2/c17-15-11-14(12-18)8-9-16(15)19-10-4-7-13-5-2-1-3-6-13/h1-3,5-6,8-9,11,18H,10,12H2. The highest BCUT2D eigenvalue weighted by atomic mass is 79.9. The Bertz CT molecular complexity index is 597. The van der Waals surface area contributed by atoms with Crippen LogP contribution in [-0.4, -0.2) is 11.7 Å². The van der Waals surface area contributed by atoms with Crippen molar-refractivity contribution >= 4 is 15.9 Å². The molecule has 0 bridgehead atoms. The van der Waals surface area contributed by atoms with E-state index in [0.29, 0.717) is 6.61 Å². The van der Waals surface area contributed by atoms with Crippen molar-refractivity contribution in [2.24, 2.45) is 0 Å². The van der Waals surface area contributed by atoms with Gasteiger partial charge in [-0.1, -0.05) is 36.1 Å². The zero-order chi connectivity index (χ0) is 13.5. The molecular weight excluding hydrogens is 304 g/mol. The molecule has 0 heterocycles. The van der Waals surface area contributed by atoms with Gasteiger partial charge in [-0.15, -0.1) is 0 Å². The lowest BCUT2D eigenvalue weighted by atomic mass is 10.2. The van der Waals surface area contributed by atoms with Crippen molar-refractivity contribution in [1.82, 2.24) is 0 Å². The van der Waals surface area contributed by atoms with Gasteiger partial charge in [0.1, 0.15) is 12.4 Å². The first kappa shape index (κ1) is 13.7. The molecule has 0 aliphatic carbocycles. The summed E-state index contributed by atoms with van der Waals surface area (Å²) in [4.78, 5) is 0. The van der Waals surface area contributed by atoms with Gasteiger partial charge >= 0.3 is 0 Å². The second kappa shape index (κ2) is 6.98. The molecule has 2 rings (SSSR count). The number of rotatable bonds is 3. The third kappa shape index (κ3) is 4.13. The zero-order valence-electron chi connectivity index (χ0n) is 10.3. The molecule has 2 aromatic rings. The van der Waals surface area contributed by atoms with E-state index in [1.165, 1.54) is 0 Å². The Labute approximate surface area is 121 Å². The van der Waals surface area contributed by atoms with Gasteiger partial charge in [-0.05, 0) is 45.8 Å². The van der Waals surface area contributed by atoms with Crippen LogP contribution in [0.2, 0.25) is 0 Å². The Morgan fingerprint density at radius 2 is 1.89 bits per heavy atom. The highest BCUT2D eigenvalue weighted by molar-refractivity contribution is 9.10. The molecule has 96 valence electrons. The number of aliphatic hydroxyl groups is 1. The Balaban J connectivity index is 1.95. The number of hydrogen-bond donors (Lipinski definition) is 1. The monoisotopic (exact) mass is 316 g/mol. The molecule has 0 amide bonds. The Morgan fingerprint density at radius 1 is 1.11 bits per heavy atom. The summed E-state index contributed by atoms with van der Waals surface area (Å²) in [7, 11) is 0. The molecule has 2 aromatic carbocycles. The predicted molar refractivity (Wildman–Crippen MR) is 78.9 cm³/mol. The van der Waals surface area contributed by atoms with Crippen molar-refractivity contribution in [1.29, 1.82) is 0 Å². The first-order valence-electron chi connectivity index (χ1n) is 5.85. The SMILES string of the molecule is OCc1ccc(OCC#Cc2ccccc2)c(Br)c1. The van der Waals surface area contributed by atoms with Gasteiger partial charge in [0.05, 0.1) is 11.1 Å². The Kier molecular flexibility index (Phi) is 5.02.